The number of ether oxygens (including phenoxy) is 1. The number of unbranched alkanes of at least 4 members (excludes halogenated alkanes) is 1. The average molecular weight is 209 g/mol. The molecular formula is C10H11NO4. The van der Waals surface area contributed by atoms with Gasteiger partial charge in [-0.05, 0) is 6.42 Å². The predicted octanol–water partition coefficient (Wildman–Crippen LogP) is 0.815. The lowest BCUT2D eigenvalue weighted by molar-refractivity contribution is 0.237. The van der Waals surface area contributed by atoms with Crippen LogP contribution in [0.5, 0.6) is 5.75 Å². The monoisotopic (exact) mass is 209 g/mol. The summed E-state index contributed by atoms with van der Waals surface area (Å²) in [7, 11) is 0. The third-order valence-electron chi connectivity index (χ3n) is 1.70. The fourth-order valence-electron chi connectivity index (χ4n) is 0.960. The van der Waals surface area contributed by atoms with Gasteiger partial charge in [0.05, 0.1) is 12.7 Å². The molecule has 1 heterocycles. The van der Waals surface area contributed by atoms with Crippen molar-refractivity contribution in [1.29, 1.82) is 5.26 Å². The van der Waals surface area contributed by atoms with E-state index in [9.17, 15) is 4.79 Å². The maximum absolute atomic E-state index is 11.3. The maximum atomic E-state index is 11.3. The van der Waals surface area contributed by atoms with Crippen LogP contribution in [-0.4, -0.2) is 11.7 Å². The Kier molecular flexibility index (Phi) is 4.38. The van der Waals surface area contributed by atoms with E-state index in [4.69, 9.17) is 19.5 Å². The van der Waals surface area contributed by atoms with E-state index in [0.29, 0.717) is 19.4 Å². The summed E-state index contributed by atoms with van der Waals surface area (Å²) in [5, 5.41) is 17.0. The molecule has 0 spiro atoms. The molecule has 0 aliphatic carbocycles. The van der Waals surface area contributed by atoms with Gasteiger partial charge in [-0.25, -0.2) is 0 Å². The lowest BCUT2D eigenvalue weighted by atomic mass is 10.3. The van der Waals surface area contributed by atoms with E-state index >= 15 is 0 Å². The number of hydrogen-bond acceptors (Lipinski definition) is 5. The Labute approximate surface area is 86.5 Å². The summed E-state index contributed by atoms with van der Waals surface area (Å²) in [6.07, 6.45) is 2.12. The van der Waals surface area contributed by atoms with Crippen LogP contribution in [0, 0.1) is 11.3 Å². The van der Waals surface area contributed by atoms with E-state index in [1.807, 2.05) is 6.07 Å². The van der Waals surface area contributed by atoms with Gasteiger partial charge in [0.1, 0.15) is 18.6 Å². The van der Waals surface area contributed by atoms with Crippen molar-refractivity contribution in [3.05, 3.63) is 28.3 Å². The van der Waals surface area contributed by atoms with Gasteiger partial charge in [-0.1, -0.05) is 0 Å². The molecule has 15 heavy (non-hydrogen) atoms. The highest BCUT2D eigenvalue weighted by Crippen LogP contribution is 2.06. The molecule has 0 saturated carbocycles. The lowest BCUT2D eigenvalue weighted by Crippen LogP contribution is -2.08. The molecule has 0 aromatic carbocycles. The second kappa shape index (κ2) is 5.83. The molecule has 5 nitrogen and oxygen atoms in total. The summed E-state index contributed by atoms with van der Waals surface area (Å²) >= 11 is 0. The zero-order valence-electron chi connectivity index (χ0n) is 8.10. The minimum atomic E-state index is -0.331. The lowest BCUT2D eigenvalue weighted by Gasteiger charge is -2.03. The van der Waals surface area contributed by atoms with Gasteiger partial charge < -0.3 is 14.3 Å². The first-order valence-electron chi connectivity index (χ1n) is 4.50. The number of nitriles is 1. The first-order chi connectivity index (χ1) is 7.27. The fraction of sp³-hybridized carbons (Fsp3) is 0.400. The summed E-state index contributed by atoms with van der Waals surface area (Å²) in [5.41, 5.74) is -0.331. The average Bonchev–Trinajstić information content (AvgIpc) is 2.26. The van der Waals surface area contributed by atoms with E-state index in [-0.39, 0.29) is 23.5 Å². The van der Waals surface area contributed by atoms with E-state index in [2.05, 4.69) is 0 Å². The molecule has 0 saturated heterocycles. The second-order valence-corrected chi connectivity index (χ2v) is 2.84. The molecular weight excluding hydrogens is 198 g/mol. The molecule has 0 radical (unpaired) electrons. The van der Waals surface area contributed by atoms with Gasteiger partial charge >= 0.3 is 0 Å². The molecule has 0 aliphatic rings. The van der Waals surface area contributed by atoms with Crippen LogP contribution in [0.4, 0.5) is 0 Å². The zero-order chi connectivity index (χ0) is 11.1. The summed E-state index contributed by atoms with van der Waals surface area (Å²) in [6, 6.07) is 3.15. The molecule has 1 aromatic rings. The second-order valence-electron chi connectivity index (χ2n) is 2.84. The predicted molar refractivity (Wildman–Crippen MR) is 51.2 cm³/mol. The molecule has 0 atom stereocenters. The SMILES string of the molecule is N#CCCCOc1coc(CO)cc1=O. The topological polar surface area (TPSA) is 83.5 Å². The summed E-state index contributed by atoms with van der Waals surface area (Å²) in [6.45, 7) is -0.0132. The van der Waals surface area contributed by atoms with Crippen LogP contribution >= 0.6 is 0 Å². The highest BCUT2D eigenvalue weighted by Gasteiger charge is 2.03. The summed E-state index contributed by atoms with van der Waals surface area (Å²) < 4.78 is 10.0. The van der Waals surface area contributed by atoms with Gasteiger partial charge in [0.15, 0.2) is 0 Å². The smallest absolute Gasteiger partial charge is 0.227 e. The number of aliphatic hydroxyl groups excluding tert-OH is 1. The van der Waals surface area contributed by atoms with E-state index in [1.54, 1.807) is 0 Å². The normalized spacial score (nSPS) is 9.60. The van der Waals surface area contributed by atoms with E-state index in [0.717, 1.165) is 0 Å². The quantitative estimate of drug-likeness (QED) is 0.725. The van der Waals surface area contributed by atoms with Gasteiger partial charge in [-0.3, -0.25) is 4.79 Å². The molecule has 1 rings (SSSR count). The molecule has 0 amide bonds. The van der Waals surface area contributed by atoms with Crippen LogP contribution in [0.25, 0.3) is 0 Å². The van der Waals surface area contributed by atoms with Crippen LogP contribution < -0.4 is 10.2 Å². The van der Waals surface area contributed by atoms with Crippen molar-refractivity contribution >= 4 is 0 Å². The highest BCUT2D eigenvalue weighted by atomic mass is 16.5. The van der Waals surface area contributed by atoms with E-state index in [1.165, 1.54) is 12.3 Å². The Balaban J connectivity index is 2.55. The van der Waals surface area contributed by atoms with Gasteiger partial charge in [0.25, 0.3) is 0 Å². The summed E-state index contributed by atoms with van der Waals surface area (Å²) in [5.74, 6) is 0.300. The van der Waals surface area contributed by atoms with Crippen LogP contribution in [-0.2, 0) is 6.61 Å². The Morgan fingerprint density at radius 2 is 2.40 bits per heavy atom. The van der Waals surface area contributed by atoms with Crippen molar-refractivity contribution in [3.8, 4) is 11.8 Å². The Morgan fingerprint density at radius 3 is 3.00 bits per heavy atom. The van der Waals surface area contributed by atoms with Crippen molar-refractivity contribution in [3.63, 3.8) is 0 Å². The van der Waals surface area contributed by atoms with Crippen LogP contribution in [0.2, 0.25) is 0 Å². The summed E-state index contributed by atoms with van der Waals surface area (Å²) in [4.78, 5) is 11.3. The van der Waals surface area contributed by atoms with Crippen LogP contribution in [0.15, 0.2) is 21.5 Å². The van der Waals surface area contributed by atoms with Crippen molar-refractivity contribution in [2.24, 2.45) is 0 Å². The molecule has 0 fully saturated rings. The van der Waals surface area contributed by atoms with Crippen molar-refractivity contribution in [1.82, 2.24) is 0 Å². The molecule has 1 N–H and O–H groups in total. The minimum Gasteiger partial charge on any atom is -0.487 e. The Morgan fingerprint density at radius 1 is 1.60 bits per heavy atom. The fourth-order valence-corrected chi connectivity index (χ4v) is 0.960. The van der Waals surface area contributed by atoms with E-state index < -0.39 is 0 Å². The Hall–Kier alpha value is -1.80. The maximum Gasteiger partial charge on any atom is 0.227 e. The highest BCUT2D eigenvalue weighted by molar-refractivity contribution is 5.17. The first kappa shape index (κ1) is 11.3. The standard InChI is InChI=1S/C10H11NO4/c11-3-1-2-4-14-10-7-15-8(6-12)5-9(10)13/h5,7,12H,1-2,4,6H2. The third kappa shape index (κ3) is 3.44. The Bertz CT molecular complexity index is 405. The molecule has 0 bridgehead atoms. The number of rotatable bonds is 5. The third-order valence-corrected chi connectivity index (χ3v) is 1.70. The van der Waals surface area contributed by atoms with Crippen LogP contribution in [0.1, 0.15) is 18.6 Å². The number of aliphatic hydroxyl groups is 1. The molecule has 80 valence electrons. The molecule has 1 aromatic heterocycles. The number of nitrogens with zero attached hydrogens (tertiary/aromatic N) is 1. The van der Waals surface area contributed by atoms with Gasteiger partial charge in [0.2, 0.25) is 11.2 Å². The first-order valence-corrected chi connectivity index (χ1v) is 4.50. The van der Waals surface area contributed by atoms with Crippen molar-refractivity contribution < 1.29 is 14.3 Å². The number of hydrogen-bond donors (Lipinski definition) is 1. The van der Waals surface area contributed by atoms with Gasteiger partial charge in [0, 0.05) is 12.5 Å². The van der Waals surface area contributed by atoms with Crippen molar-refractivity contribution in [2.45, 2.75) is 19.4 Å². The van der Waals surface area contributed by atoms with Crippen molar-refractivity contribution in [2.75, 3.05) is 6.61 Å². The largest absolute Gasteiger partial charge is 0.487 e. The molecule has 0 unspecified atom stereocenters. The molecule has 5 heteroatoms. The van der Waals surface area contributed by atoms with Gasteiger partial charge in [-0.15, -0.1) is 0 Å². The zero-order valence-corrected chi connectivity index (χ0v) is 8.10. The molecule has 0 aliphatic heterocycles. The minimum absolute atomic E-state index is 0.102. The van der Waals surface area contributed by atoms with Gasteiger partial charge in [-0.2, -0.15) is 5.26 Å². The van der Waals surface area contributed by atoms with Crippen LogP contribution in [0.3, 0.4) is 0 Å².